The largest absolute Gasteiger partial charge is 0.383 e. The van der Waals surface area contributed by atoms with Crippen LogP contribution in [0.15, 0.2) is 36.7 Å². The minimum atomic E-state index is -1.17. The van der Waals surface area contributed by atoms with E-state index >= 15 is 0 Å². The Morgan fingerprint density at radius 2 is 1.96 bits per heavy atom. The van der Waals surface area contributed by atoms with Gasteiger partial charge in [0.05, 0.1) is 12.7 Å². The number of nitrogens with zero attached hydrogens (tertiary/aromatic N) is 3. The molecule has 0 aliphatic rings. The van der Waals surface area contributed by atoms with Gasteiger partial charge >= 0.3 is 6.03 Å². The number of nitrogens with one attached hydrogen (secondary N) is 2. The van der Waals surface area contributed by atoms with Crippen molar-refractivity contribution in [3.05, 3.63) is 47.8 Å². The molecule has 0 aliphatic heterocycles. The fourth-order valence-corrected chi connectivity index (χ4v) is 2.21. The predicted octanol–water partition coefficient (Wildman–Crippen LogP) is 1.19. The molecule has 0 radical (unpaired) electrons. The van der Waals surface area contributed by atoms with E-state index in [0.29, 0.717) is 12.1 Å². The summed E-state index contributed by atoms with van der Waals surface area (Å²) in [5.74, 6) is 0. The number of urea groups is 1. The van der Waals surface area contributed by atoms with Crippen LogP contribution in [0, 0.1) is 0 Å². The number of anilines is 1. The van der Waals surface area contributed by atoms with E-state index in [-0.39, 0.29) is 12.6 Å². The predicted molar refractivity (Wildman–Crippen MR) is 93.8 cm³/mol. The summed E-state index contributed by atoms with van der Waals surface area (Å²) in [7, 11) is 5.74. The van der Waals surface area contributed by atoms with Gasteiger partial charge in [0.15, 0.2) is 0 Å². The number of amides is 2. The maximum atomic E-state index is 11.9. The van der Waals surface area contributed by atoms with Crippen LogP contribution in [-0.4, -0.2) is 41.6 Å². The van der Waals surface area contributed by atoms with Crippen molar-refractivity contribution in [2.75, 3.05) is 25.5 Å². The summed E-state index contributed by atoms with van der Waals surface area (Å²) in [6.45, 7) is 2.17. The summed E-state index contributed by atoms with van der Waals surface area (Å²) in [5, 5.41) is 19.9. The van der Waals surface area contributed by atoms with Gasteiger partial charge in [0, 0.05) is 45.1 Å². The molecule has 130 valence electrons. The molecule has 1 heterocycles. The standard InChI is InChI=1S/C17H25N5O2/c1-17(24,14-10-20-22(4)11-14)12-19-16(23)18-9-13-5-7-15(8-6-13)21(2)3/h5-8,10-11,24H,9,12H2,1-4H3,(H2,18,19,23). The molecule has 2 rings (SSSR count). The molecule has 7 nitrogen and oxygen atoms in total. The van der Waals surface area contributed by atoms with Crippen LogP contribution in [-0.2, 0) is 19.2 Å². The Morgan fingerprint density at radius 1 is 1.29 bits per heavy atom. The third kappa shape index (κ3) is 4.73. The van der Waals surface area contributed by atoms with Gasteiger partial charge in [0.1, 0.15) is 5.60 Å². The molecule has 0 fully saturated rings. The van der Waals surface area contributed by atoms with E-state index in [2.05, 4.69) is 15.7 Å². The fourth-order valence-electron chi connectivity index (χ4n) is 2.21. The van der Waals surface area contributed by atoms with E-state index in [4.69, 9.17) is 0 Å². The first kappa shape index (κ1) is 17.8. The van der Waals surface area contributed by atoms with Crippen molar-refractivity contribution in [2.45, 2.75) is 19.1 Å². The van der Waals surface area contributed by atoms with Crippen LogP contribution < -0.4 is 15.5 Å². The highest BCUT2D eigenvalue weighted by atomic mass is 16.3. The van der Waals surface area contributed by atoms with Crippen molar-refractivity contribution >= 4 is 11.7 Å². The van der Waals surface area contributed by atoms with Crippen LogP contribution >= 0.6 is 0 Å². The first-order valence-electron chi connectivity index (χ1n) is 7.77. The number of aryl methyl sites for hydroxylation is 1. The van der Waals surface area contributed by atoms with Crippen molar-refractivity contribution < 1.29 is 9.90 Å². The van der Waals surface area contributed by atoms with Crippen molar-refractivity contribution in [2.24, 2.45) is 7.05 Å². The average Bonchev–Trinajstić information content (AvgIpc) is 2.99. The minimum Gasteiger partial charge on any atom is -0.383 e. The Hall–Kier alpha value is -2.54. The van der Waals surface area contributed by atoms with Crippen molar-refractivity contribution in [1.29, 1.82) is 0 Å². The summed E-state index contributed by atoms with van der Waals surface area (Å²) in [6, 6.07) is 7.63. The molecule has 0 aliphatic carbocycles. The lowest BCUT2D eigenvalue weighted by Gasteiger charge is -2.22. The molecular formula is C17H25N5O2. The smallest absolute Gasteiger partial charge is 0.315 e. The Kier molecular flexibility index (Phi) is 5.46. The van der Waals surface area contributed by atoms with Gasteiger partial charge in [-0.2, -0.15) is 5.10 Å². The molecule has 1 aromatic carbocycles. The second-order valence-corrected chi connectivity index (χ2v) is 6.27. The lowest BCUT2D eigenvalue weighted by atomic mass is 10.00. The number of benzene rings is 1. The normalized spacial score (nSPS) is 13.2. The second kappa shape index (κ2) is 7.35. The summed E-state index contributed by atoms with van der Waals surface area (Å²) in [4.78, 5) is 13.9. The highest BCUT2D eigenvalue weighted by Gasteiger charge is 2.25. The highest BCUT2D eigenvalue weighted by Crippen LogP contribution is 2.18. The molecule has 24 heavy (non-hydrogen) atoms. The van der Waals surface area contributed by atoms with Gasteiger partial charge in [-0.15, -0.1) is 0 Å². The number of hydrogen-bond acceptors (Lipinski definition) is 4. The molecule has 0 spiro atoms. The third-order valence-electron chi connectivity index (χ3n) is 3.83. The summed E-state index contributed by atoms with van der Waals surface area (Å²) >= 11 is 0. The quantitative estimate of drug-likeness (QED) is 0.743. The van der Waals surface area contributed by atoms with E-state index in [1.54, 1.807) is 31.0 Å². The number of carbonyl (C=O) groups excluding carboxylic acids is 1. The number of hydrogen-bond donors (Lipinski definition) is 3. The van der Waals surface area contributed by atoms with Gasteiger partial charge in [0.25, 0.3) is 0 Å². The Balaban J connectivity index is 1.81. The van der Waals surface area contributed by atoms with E-state index in [9.17, 15) is 9.90 Å². The molecule has 2 amide bonds. The number of aliphatic hydroxyl groups is 1. The van der Waals surface area contributed by atoms with Gasteiger partial charge in [-0.1, -0.05) is 12.1 Å². The van der Waals surface area contributed by atoms with Crippen LogP contribution in [0.25, 0.3) is 0 Å². The maximum Gasteiger partial charge on any atom is 0.315 e. The fraction of sp³-hybridized carbons (Fsp3) is 0.412. The van der Waals surface area contributed by atoms with Gasteiger partial charge in [-0.25, -0.2) is 4.79 Å². The molecule has 0 saturated heterocycles. The molecule has 0 saturated carbocycles. The third-order valence-corrected chi connectivity index (χ3v) is 3.83. The Labute approximate surface area is 142 Å². The number of aromatic nitrogens is 2. The van der Waals surface area contributed by atoms with Gasteiger partial charge in [0.2, 0.25) is 0 Å². The van der Waals surface area contributed by atoms with Crippen LogP contribution in [0.2, 0.25) is 0 Å². The molecule has 0 bridgehead atoms. The topological polar surface area (TPSA) is 82.4 Å². The van der Waals surface area contributed by atoms with Gasteiger partial charge in [-0.3, -0.25) is 4.68 Å². The molecule has 2 aromatic rings. The van der Waals surface area contributed by atoms with E-state index in [0.717, 1.165) is 11.3 Å². The summed E-state index contributed by atoms with van der Waals surface area (Å²) < 4.78 is 1.61. The molecule has 1 unspecified atom stereocenters. The molecule has 1 atom stereocenters. The monoisotopic (exact) mass is 331 g/mol. The lowest BCUT2D eigenvalue weighted by molar-refractivity contribution is 0.0593. The first-order valence-corrected chi connectivity index (χ1v) is 7.77. The Bertz CT molecular complexity index is 677. The van der Waals surface area contributed by atoms with Crippen molar-refractivity contribution in [1.82, 2.24) is 20.4 Å². The zero-order valence-electron chi connectivity index (χ0n) is 14.6. The second-order valence-electron chi connectivity index (χ2n) is 6.27. The van der Waals surface area contributed by atoms with E-state index in [1.807, 2.05) is 43.3 Å². The SMILES string of the molecule is CN(C)c1ccc(CNC(=O)NCC(C)(O)c2cnn(C)c2)cc1. The van der Waals surface area contributed by atoms with Crippen molar-refractivity contribution in [3.8, 4) is 0 Å². The van der Waals surface area contributed by atoms with Crippen LogP contribution in [0.4, 0.5) is 10.5 Å². The summed E-state index contributed by atoms with van der Waals surface area (Å²) in [6.07, 6.45) is 3.32. The number of rotatable bonds is 6. The molecule has 7 heteroatoms. The number of carbonyl (C=O) groups is 1. The average molecular weight is 331 g/mol. The van der Waals surface area contributed by atoms with Crippen LogP contribution in [0.3, 0.4) is 0 Å². The Morgan fingerprint density at radius 3 is 2.50 bits per heavy atom. The van der Waals surface area contributed by atoms with Gasteiger partial charge in [-0.05, 0) is 24.6 Å². The summed E-state index contributed by atoms with van der Waals surface area (Å²) in [5.41, 5.74) is 1.61. The molecule has 1 aromatic heterocycles. The van der Waals surface area contributed by atoms with E-state index in [1.165, 1.54) is 0 Å². The van der Waals surface area contributed by atoms with Crippen LogP contribution in [0.5, 0.6) is 0 Å². The highest BCUT2D eigenvalue weighted by molar-refractivity contribution is 5.74. The van der Waals surface area contributed by atoms with Crippen molar-refractivity contribution in [3.63, 3.8) is 0 Å². The zero-order chi connectivity index (χ0) is 17.7. The zero-order valence-corrected chi connectivity index (χ0v) is 14.6. The van der Waals surface area contributed by atoms with Crippen LogP contribution in [0.1, 0.15) is 18.1 Å². The molecular weight excluding hydrogens is 306 g/mol. The minimum absolute atomic E-state index is 0.101. The molecule has 3 N–H and O–H groups in total. The first-order chi connectivity index (χ1) is 11.3. The van der Waals surface area contributed by atoms with Gasteiger partial charge < -0.3 is 20.6 Å². The lowest BCUT2D eigenvalue weighted by Crippen LogP contribution is -2.43. The van der Waals surface area contributed by atoms with E-state index < -0.39 is 5.60 Å². The maximum absolute atomic E-state index is 11.9.